The highest BCUT2D eigenvalue weighted by molar-refractivity contribution is 8.15. The molecule has 19 heavy (non-hydrogen) atoms. The first-order valence-corrected chi connectivity index (χ1v) is 7.39. The van der Waals surface area contributed by atoms with E-state index in [0.717, 1.165) is 33.3 Å². The summed E-state index contributed by atoms with van der Waals surface area (Å²) in [5.74, 6) is 0. The van der Waals surface area contributed by atoms with Gasteiger partial charge in [-0.15, -0.1) is 0 Å². The first kappa shape index (κ1) is 13.9. The highest BCUT2D eigenvalue weighted by Gasteiger charge is 2.12. The van der Waals surface area contributed by atoms with Crippen molar-refractivity contribution in [1.29, 1.82) is 0 Å². The first-order valence-electron chi connectivity index (χ1n) is 5.75. The molecule has 0 amide bonds. The van der Waals surface area contributed by atoms with Gasteiger partial charge in [-0.25, -0.2) is 0 Å². The topological polar surface area (TPSA) is 34.1 Å². The third-order valence-corrected chi connectivity index (χ3v) is 4.00. The van der Waals surface area contributed by atoms with Gasteiger partial charge in [0.25, 0.3) is 0 Å². The molecule has 0 bridgehead atoms. The maximum Gasteiger partial charge on any atom is 0.201 e. The van der Waals surface area contributed by atoms with Gasteiger partial charge in [-0.2, -0.15) is 0 Å². The van der Waals surface area contributed by atoms with E-state index in [0.29, 0.717) is 0 Å². The molecule has 2 aromatic carbocycles. The van der Waals surface area contributed by atoms with Gasteiger partial charge in [0.15, 0.2) is 0 Å². The molecule has 0 aliphatic heterocycles. The summed E-state index contributed by atoms with van der Waals surface area (Å²) < 4.78 is 0. The summed E-state index contributed by atoms with van der Waals surface area (Å²) in [6.07, 6.45) is -0.0564. The minimum atomic E-state index is -0.125. The lowest BCUT2D eigenvalue weighted by Gasteiger charge is -2.01. The molecule has 0 atom stereocenters. The third-order valence-electron chi connectivity index (χ3n) is 2.24. The average Bonchev–Trinajstić information content (AvgIpc) is 2.40. The Morgan fingerprint density at radius 1 is 0.684 bits per heavy atom. The van der Waals surface area contributed by atoms with Gasteiger partial charge in [0.1, 0.15) is 0 Å². The number of carbonyl (C=O) groups is 2. The minimum Gasteiger partial charge on any atom is -0.286 e. The molecule has 0 aliphatic rings. The van der Waals surface area contributed by atoms with Crippen molar-refractivity contribution in [2.45, 2.75) is 16.2 Å². The second-order valence-electron chi connectivity index (χ2n) is 3.75. The summed E-state index contributed by atoms with van der Waals surface area (Å²) in [6, 6.07) is 18.7. The van der Waals surface area contributed by atoms with Gasteiger partial charge in [-0.1, -0.05) is 59.9 Å². The van der Waals surface area contributed by atoms with Crippen molar-refractivity contribution in [3.63, 3.8) is 0 Å². The maximum absolute atomic E-state index is 11.7. The fraction of sp³-hybridized carbons (Fsp3) is 0.0667. The van der Waals surface area contributed by atoms with Crippen LogP contribution >= 0.6 is 23.5 Å². The fourth-order valence-electron chi connectivity index (χ4n) is 1.43. The molecule has 0 aliphatic carbocycles. The van der Waals surface area contributed by atoms with Crippen molar-refractivity contribution in [3.05, 3.63) is 60.7 Å². The molecule has 0 fully saturated rings. The Labute approximate surface area is 120 Å². The number of carbonyl (C=O) groups excluding carboxylic acids is 2. The first-order chi connectivity index (χ1) is 9.24. The van der Waals surface area contributed by atoms with E-state index < -0.39 is 0 Å². The SMILES string of the molecule is O=C(CC(=O)Sc1ccccc1)Sc1ccccc1. The highest BCUT2D eigenvalue weighted by Crippen LogP contribution is 2.24. The van der Waals surface area contributed by atoms with Crippen molar-refractivity contribution in [2.75, 3.05) is 0 Å². The van der Waals surface area contributed by atoms with Crippen molar-refractivity contribution in [1.82, 2.24) is 0 Å². The minimum absolute atomic E-state index is 0.0564. The predicted octanol–water partition coefficient (Wildman–Crippen LogP) is 4.01. The third kappa shape index (κ3) is 4.93. The normalized spacial score (nSPS) is 10.1. The van der Waals surface area contributed by atoms with E-state index in [4.69, 9.17) is 0 Å². The van der Waals surface area contributed by atoms with E-state index in [1.807, 2.05) is 60.7 Å². The van der Waals surface area contributed by atoms with Crippen LogP contribution < -0.4 is 0 Å². The summed E-state index contributed by atoms with van der Waals surface area (Å²) in [4.78, 5) is 25.2. The van der Waals surface area contributed by atoms with E-state index in [9.17, 15) is 9.59 Å². The zero-order valence-electron chi connectivity index (χ0n) is 10.1. The molecule has 0 aromatic heterocycles. The van der Waals surface area contributed by atoms with Crippen LogP contribution in [-0.2, 0) is 9.59 Å². The van der Waals surface area contributed by atoms with Crippen LogP contribution in [0.2, 0.25) is 0 Å². The Morgan fingerprint density at radius 3 is 1.42 bits per heavy atom. The summed E-state index contributed by atoms with van der Waals surface area (Å²) in [5.41, 5.74) is 0. The van der Waals surface area contributed by atoms with Crippen molar-refractivity contribution >= 4 is 33.8 Å². The largest absolute Gasteiger partial charge is 0.286 e. The molecular formula is C15H12O2S2. The van der Waals surface area contributed by atoms with Gasteiger partial charge in [0.05, 0.1) is 6.42 Å². The Kier molecular flexibility index (Phi) is 5.24. The number of hydrogen-bond donors (Lipinski definition) is 0. The van der Waals surface area contributed by atoms with Gasteiger partial charge >= 0.3 is 0 Å². The molecule has 0 N–H and O–H groups in total. The molecule has 2 nitrogen and oxygen atoms in total. The molecule has 0 saturated heterocycles. The molecule has 96 valence electrons. The Morgan fingerprint density at radius 2 is 1.05 bits per heavy atom. The quantitative estimate of drug-likeness (QED) is 0.629. The van der Waals surface area contributed by atoms with Crippen LogP contribution in [0.5, 0.6) is 0 Å². The highest BCUT2D eigenvalue weighted by atomic mass is 32.2. The molecule has 0 saturated carbocycles. The lowest BCUT2D eigenvalue weighted by molar-refractivity contribution is -0.117. The van der Waals surface area contributed by atoms with Crippen LogP contribution in [0.25, 0.3) is 0 Å². The maximum atomic E-state index is 11.7. The van der Waals surface area contributed by atoms with Gasteiger partial charge < -0.3 is 0 Å². The number of hydrogen-bond acceptors (Lipinski definition) is 4. The van der Waals surface area contributed by atoms with Crippen molar-refractivity contribution in [3.8, 4) is 0 Å². The zero-order valence-corrected chi connectivity index (χ0v) is 11.7. The average molecular weight is 288 g/mol. The second kappa shape index (κ2) is 7.16. The predicted molar refractivity (Wildman–Crippen MR) is 79.2 cm³/mol. The summed E-state index contributed by atoms with van der Waals surface area (Å²) in [5, 5.41) is -0.251. The summed E-state index contributed by atoms with van der Waals surface area (Å²) in [6.45, 7) is 0. The molecular weight excluding hydrogens is 276 g/mol. The van der Waals surface area contributed by atoms with Gasteiger partial charge in [-0.3, -0.25) is 9.59 Å². The molecule has 0 heterocycles. The van der Waals surface area contributed by atoms with Crippen LogP contribution in [0.3, 0.4) is 0 Å². The molecule has 0 spiro atoms. The van der Waals surface area contributed by atoms with Gasteiger partial charge in [0, 0.05) is 9.79 Å². The Hall–Kier alpha value is -1.52. The lowest BCUT2D eigenvalue weighted by atomic mass is 10.4. The van der Waals surface area contributed by atoms with Crippen LogP contribution in [-0.4, -0.2) is 10.2 Å². The molecule has 4 heteroatoms. The smallest absolute Gasteiger partial charge is 0.201 e. The lowest BCUT2D eigenvalue weighted by Crippen LogP contribution is -2.00. The van der Waals surface area contributed by atoms with Crippen LogP contribution in [0.15, 0.2) is 70.5 Å². The van der Waals surface area contributed by atoms with Gasteiger partial charge in [0.2, 0.25) is 10.2 Å². The Bertz CT molecular complexity index is 501. The van der Waals surface area contributed by atoms with Crippen molar-refractivity contribution in [2.24, 2.45) is 0 Å². The number of benzene rings is 2. The van der Waals surface area contributed by atoms with E-state index in [-0.39, 0.29) is 16.7 Å². The molecule has 2 rings (SSSR count). The molecule has 0 radical (unpaired) electrons. The standard InChI is InChI=1S/C15H12O2S2/c16-14(18-12-7-3-1-4-8-12)11-15(17)19-13-9-5-2-6-10-13/h1-10H,11H2. The van der Waals surface area contributed by atoms with E-state index >= 15 is 0 Å². The zero-order chi connectivity index (χ0) is 13.5. The van der Waals surface area contributed by atoms with Crippen molar-refractivity contribution < 1.29 is 9.59 Å². The van der Waals surface area contributed by atoms with Crippen LogP contribution in [0.4, 0.5) is 0 Å². The second-order valence-corrected chi connectivity index (χ2v) is 6.01. The van der Waals surface area contributed by atoms with E-state index in [2.05, 4.69) is 0 Å². The van der Waals surface area contributed by atoms with E-state index in [1.54, 1.807) is 0 Å². The van der Waals surface area contributed by atoms with Gasteiger partial charge in [-0.05, 0) is 24.3 Å². The number of rotatable bonds is 4. The fourth-order valence-corrected chi connectivity index (χ4v) is 3.04. The number of thioether (sulfide) groups is 2. The summed E-state index contributed by atoms with van der Waals surface area (Å²) >= 11 is 2.22. The molecule has 0 unspecified atom stereocenters. The van der Waals surface area contributed by atoms with Crippen LogP contribution in [0.1, 0.15) is 6.42 Å². The summed E-state index contributed by atoms with van der Waals surface area (Å²) in [7, 11) is 0. The molecule has 2 aromatic rings. The monoisotopic (exact) mass is 288 g/mol. The Balaban J connectivity index is 1.84. The van der Waals surface area contributed by atoms with E-state index in [1.165, 1.54) is 0 Å². The van der Waals surface area contributed by atoms with Crippen LogP contribution in [0, 0.1) is 0 Å².